The van der Waals surface area contributed by atoms with Crippen molar-refractivity contribution in [2.45, 2.75) is 19.4 Å². The van der Waals surface area contributed by atoms with E-state index in [1.807, 2.05) is 24.3 Å². The molecule has 0 aliphatic carbocycles. The van der Waals surface area contributed by atoms with Crippen molar-refractivity contribution in [2.75, 3.05) is 11.4 Å². The topological polar surface area (TPSA) is 3.24 Å². The third-order valence-corrected chi connectivity index (χ3v) is 3.89. The van der Waals surface area contributed by atoms with E-state index in [9.17, 15) is 0 Å². The minimum Gasteiger partial charge on any atom is -0.357 e. The van der Waals surface area contributed by atoms with E-state index in [-0.39, 0.29) is 0 Å². The lowest BCUT2D eigenvalue weighted by molar-refractivity contribution is 0.711. The molecular formula is C18H16ClN. The van der Waals surface area contributed by atoms with Crippen molar-refractivity contribution in [1.82, 2.24) is 0 Å². The van der Waals surface area contributed by atoms with Crippen LogP contribution in [-0.2, 0) is 6.42 Å². The Labute approximate surface area is 125 Å². The molecule has 3 rings (SSSR count). The Kier molecular flexibility index (Phi) is 3.67. The smallest absolute Gasteiger partial charge is 0.0801 e. The van der Waals surface area contributed by atoms with Crippen molar-refractivity contribution in [1.29, 1.82) is 0 Å². The SMILES string of the molecule is CC1Cc2ccccc2N1CC#Cc1cccc(Cl)c1. The Balaban J connectivity index is 1.77. The lowest BCUT2D eigenvalue weighted by Gasteiger charge is -2.21. The van der Waals surface area contributed by atoms with Crippen molar-refractivity contribution in [3.63, 3.8) is 0 Å². The van der Waals surface area contributed by atoms with E-state index < -0.39 is 0 Å². The molecule has 0 fully saturated rings. The average Bonchev–Trinajstić information content (AvgIpc) is 2.75. The lowest BCUT2D eigenvalue weighted by atomic mass is 10.1. The van der Waals surface area contributed by atoms with E-state index in [4.69, 9.17) is 11.6 Å². The zero-order chi connectivity index (χ0) is 13.9. The van der Waals surface area contributed by atoms with Crippen LogP contribution in [0, 0.1) is 11.8 Å². The molecule has 2 heteroatoms. The third kappa shape index (κ3) is 2.66. The summed E-state index contributed by atoms with van der Waals surface area (Å²) in [5, 5.41) is 0.733. The highest BCUT2D eigenvalue weighted by Gasteiger charge is 2.24. The number of benzene rings is 2. The second-order valence-electron chi connectivity index (χ2n) is 5.12. The van der Waals surface area contributed by atoms with Gasteiger partial charge in [0.1, 0.15) is 0 Å². The van der Waals surface area contributed by atoms with Gasteiger partial charge < -0.3 is 4.90 Å². The molecule has 0 saturated heterocycles. The Morgan fingerprint density at radius 2 is 2.05 bits per heavy atom. The van der Waals surface area contributed by atoms with Gasteiger partial charge in [-0.25, -0.2) is 0 Å². The van der Waals surface area contributed by atoms with Gasteiger partial charge >= 0.3 is 0 Å². The average molecular weight is 282 g/mol. The Morgan fingerprint density at radius 1 is 1.20 bits per heavy atom. The van der Waals surface area contributed by atoms with E-state index in [0.717, 1.165) is 23.6 Å². The number of fused-ring (bicyclic) bond motifs is 1. The summed E-state index contributed by atoms with van der Waals surface area (Å²) in [4.78, 5) is 2.37. The molecule has 2 aromatic carbocycles. The largest absolute Gasteiger partial charge is 0.357 e. The summed E-state index contributed by atoms with van der Waals surface area (Å²) in [5.41, 5.74) is 3.71. The summed E-state index contributed by atoms with van der Waals surface area (Å²) in [6.07, 6.45) is 1.11. The van der Waals surface area contributed by atoms with Crippen molar-refractivity contribution in [2.24, 2.45) is 0 Å². The predicted octanol–water partition coefficient (Wildman–Crippen LogP) is 4.14. The molecule has 0 saturated carbocycles. The molecule has 0 radical (unpaired) electrons. The van der Waals surface area contributed by atoms with Crippen LogP contribution in [0.15, 0.2) is 48.5 Å². The van der Waals surface area contributed by atoms with E-state index in [1.54, 1.807) is 0 Å². The molecule has 100 valence electrons. The molecule has 0 aromatic heterocycles. The summed E-state index contributed by atoms with van der Waals surface area (Å²) in [5.74, 6) is 6.45. The van der Waals surface area contributed by atoms with Crippen molar-refractivity contribution in [3.05, 3.63) is 64.7 Å². The molecule has 1 unspecified atom stereocenters. The first-order valence-corrected chi connectivity index (χ1v) is 7.21. The van der Waals surface area contributed by atoms with Crippen LogP contribution >= 0.6 is 11.6 Å². The zero-order valence-corrected chi connectivity index (χ0v) is 12.2. The molecule has 1 heterocycles. The van der Waals surface area contributed by atoms with Gasteiger partial charge in [-0.15, -0.1) is 0 Å². The van der Waals surface area contributed by atoms with Crippen LogP contribution in [0.25, 0.3) is 0 Å². The van der Waals surface area contributed by atoms with Gasteiger partial charge in [-0.2, -0.15) is 0 Å². The van der Waals surface area contributed by atoms with Crippen LogP contribution in [0.4, 0.5) is 5.69 Å². The zero-order valence-electron chi connectivity index (χ0n) is 11.4. The maximum atomic E-state index is 5.96. The Bertz CT molecular complexity index is 681. The normalized spacial score (nSPS) is 16.5. The monoisotopic (exact) mass is 281 g/mol. The van der Waals surface area contributed by atoms with Gasteiger partial charge in [-0.3, -0.25) is 0 Å². The van der Waals surface area contributed by atoms with Crippen LogP contribution < -0.4 is 4.90 Å². The standard InChI is InChI=1S/C18H16ClN/c1-14-12-16-8-2-3-10-18(16)20(14)11-5-7-15-6-4-9-17(19)13-15/h2-4,6,8-10,13-14H,11-12H2,1H3. The molecule has 1 aliphatic heterocycles. The van der Waals surface area contributed by atoms with E-state index in [2.05, 4.69) is 47.9 Å². The van der Waals surface area contributed by atoms with E-state index >= 15 is 0 Å². The van der Waals surface area contributed by atoms with Crippen molar-refractivity contribution >= 4 is 17.3 Å². The highest BCUT2D eigenvalue weighted by Crippen LogP contribution is 2.31. The van der Waals surface area contributed by atoms with Crippen molar-refractivity contribution in [3.8, 4) is 11.8 Å². The van der Waals surface area contributed by atoms with Crippen LogP contribution in [0.1, 0.15) is 18.1 Å². The molecule has 2 aromatic rings. The summed E-state index contributed by atoms with van der Waals surface area (Å²) < 4.78 is 0. The molecule has 1 atom stereocenters. The summed E-state index contributed by atoms with van der Waals surface area (Å²) >= 11 is 5.96. The minimum absolute atomic E-state index is 0.515. The van der Waals surface area contributed by atoms with Gasteiger partial charge in [0.2, 0.25) is 0 Å². The maximum absolute atomic E-state index is 5.96. The summed E-state index contributed by atoms with van der Waals surface area (Å²) in [7, 11) is 0. The number of anilines is 1. The number of hydrogen-bond acceptors (Lipinski definition) is 1. The quantitative estimate of drug-likeness (QED) is 0.710. The predicted molar refractivity (Wildman–Crippen MR) is 85.3 cm³/mol. The molecular weight excluding hydrogens is 266 g/mol. The lowest BCUT2D eigenvalue weighted by Crippen LogP contribution is -2.29. The number of hydrogen-bond donors (Lipinski definition) is 0. The van der Waals surface area contributed by atoms with E-state index in [0.29, 0.717) is 6.04 Å². The number of halogens is 1. The van der Waals surface area contributed by atoms with Gasteiger partial charge in [-0.05, 0) is 43.2 Å². The van der Waals surface area contributed by atoms with E-state index in [1.165, 1.54) is 11.3 Å². The summed E-state index contributed by atoms with van der Waals surface area (Å²) in [6.45, 7) is 3.01. The molecule has 1 nitrogen and oxygen atoms in total. The first kappa shape index (κ1) is 13.1. The van der Waals surface area contributed by atoms with Gasteiger partial charge in [0.15, 0.2) is 0 Å². The second kappa shape index (κ2) is 5.61. The fourth-order valence-corrected chi connectivity index (χ4v) is 2.85. The molecule has 0 N–H and O–H groups in total. The first-order valence-electron chi connectivity index (χ1n) is 6.83. The molecule has 0 amide bonds. The fourth-order valence-electron chi connectivity index (χ4n) is 2.66. The van der Waals surface area contributed by atoms with Crippen LogP contribution in [0.3, 0.4) is 0 Å². The van der Waals surface area contributed by atoms with Crippen LogP contribution in [0.2, 0.25) is 5.02 Å². The number of para-hydroxylation sites is 1. The second-order valence-corrected chi connectivity index (χ2v) is 5.56. The van der Waals surface area contributed by atoms with Crippen molar-refractivity contribution < 1.29 is 0 Å². The number of rotatable bonds is 1. The van der Waals surface area contributed by atoms with Gasteiger partial charge in [0, 0.05) is 22.3 Å². The molecule has 0 bridgehead atoms. The van der Waals surface area contributed by atoms with Crippen LogP contribution in [0.5, 0.6) is 0 Å². The molecule has 20 heavy (non-hydrogen) atoms. The fraction of sp³-hybridized carbons (Fsp3) is 0.222. The van der Waals surface area contributed by atoms with Crippen LogP contribution in [-0.4, -0.2) is 12.6 Å². The molecule has 1 aliphatic rings. The Hall–Kier alpha value is -1.91. The first-order chi connectivity index (χ1) is 9.74. The van der Waals surface area contributed by atoms with Gasteiger partial charge in [-0.1, -0.05) is 47.7 Å². The summed E-state index contributed by atoms with van der Waals surface area (Å²) in [6, 6.07) is 16.8. The highest BCUT2D eigenvalue weighted by molar-refractivity contribution is 6.30. The maximum Gasteiger partial charge on any atom is 0.0801 e. The molecule has 0 spiro atoms. The van der Waals surface area contributed by atoms with Gasteiger partial charge in [0.25, 0.3) is 0 Å². The Morgan fingerprint density at radius 3 is 2.90 bits per heavy atom. The highest BCUT2D eigenvalue weighted by atomic mass is 35.5. The minimum atomic E-state index is 0.515. The third-order valence-electron chi connectivity index (χ3n) is 3.66. The van der Waals surface area contributed by atoms with Gasteiger partial charge in [0.05, 0.1) is 6.54 Å². The number of nitrogens with zero attached hydrogens (tertiary/aromatic N) is 1.